The quantitative estimate of drug-likeness (QED) is 0.398. The molecular weight excluding hydrogens is 346 g/mol. The Labute approximate surface area is 159 Å². The molecule has 0 saturated heterocycles. The molecule has 0 aliphatic rings. The molecule has 0 heterocycles. The van der Waals surface area contributed by atoms with E-state index in [0.29, 0.717) is 17.2 Å². The van der Waals surface area contributed by atoms with Gasteiger partial charge in [0.05, 0.1) is 0 Å². The lowest BCUT2D eigenvalue weighted by molar-refractivity contribution is -0.121. The molecular formula is C20H23N3O2S. The number of Topliss-reactive ketones (excluding diaryl/α,β-unsaturated/α-hetero) is 1. The first-order chi connectivity index (χ1) is 12.6. The van der Waals surface area contributed by atoms with Crippen LogP contribution in [0, 0.1) is 0 Å². The third-order valence-corrected chi connectivity index (χ3v) is 4.12. The van der Waals surface area contributed by atoms with Crippen molar-refractivity contribution in [1.29, 1.82) is 0 Å². The number of amides is 1. The third kappa shape index (κ3) is 6.64. The molecule has 2 aromatic rings. The van der Waals surface area contributed by atoms with Gasteiger partial charge in [-0.3, -0.25) is 20.4 Å². The normalized spacial score (nSPS) is 10.0. The van der Waals surface area contributed by atoms with E-state index >= 15 is 0 Å². The smallest absolute Gasteiger partial charge is 0.238 e. The van der Waals surface area contributed by atoms with Crippen LogP contribution in [0.5, 0.6) is 0 Å². The fourth-order valence-corrected chi connectivity index (χ4v) is 2.43. The Balaban J connectivity index is 1.66. The van der Waals surface area contributed by atoms with Crippen molar-refractivity contribution in [3.8, 4) is 0 Å². The Morgan fingerprint density at radius 3 is 2.23 bits per heavy atom. The summed E-state index contributed by atoms with van der Waals surface area (Å²) in [6.45, 7) is 2.63. The largest absolute Gasteiger partial charge is 0.357 e. The van der Waals surface area contributed by atoms with Crippen LogP contribution in [0.25, 0.3) is 0 Å². The number of benzene rings is 2. The lowest BCUT2D eigenvalue weighted by Gasteiger charge is -2.11. The molecule has 0 spiro atoms. The highest BCUT2D eigenvalue weighted by molar-refractivity contribution is 7.80. The SMILES string of the molecule is CCc1ccc(C(=O)CCC(=O)NNC(=S)NCc2ccccc2)cc1. The van der Waals surface area contributed by atoms with E-state index in [0.717, 1.165) is 12.0 Å². The highest BCUT2D eigenvalue weighted by Gasteiger charge is 2.09. The molecule has 5 nitrogen and oxygen atoms in total. The van der Waals surface area contributed by atoms with Gasteiger partial charge in [0, 0.05) is 24.9 Å². The van der Waals surface area contributed by atoms with Crippen molar-refractivity contribution in [2.24, 2.45) is 0 Å². The zero-order chi connectivity index (χ0) is 18.8. The third-order valence-electron chi connectivity index (χ3n) is 3.87. The Morgan fingerprint density at radius 2 is 1.58 bits per heavy atom. The van der Waals surface area contributed by atoms with Crippen LogP contribution in [0.4, 0.5) is 0 Å². The number of hydrogen-bond acceptors (Lipinski definition) is 3. The van der Waals surface area contributed by atoms with Gasteiger partial charge in [0.2, 0.25) is 5.91 Å². The molecule has 136 valence electrons. The zero-order valence-electron chi connectivity index (χ0n) is 14.7. The van der Waals surface area contributed by atoms with Crippen LogP contribution in [0.15, 0.2) is 54.6 Å². The number of carbonyl (C=O) groups excluding carboxylic acids is 2. The van der Waals surface area contributed by atoms with Crippen molar-refractivity contribution in [2.45, 2.75) is 32.7 Å². The van der Waals surface area contributed by atoms with Crippen molar-refractivity contribution in [1.82, 2.24) is 16.2 Å². The van der Waals surface area contributed by atoms with Gasteiger partial charge >= 0.3 is 0 Å². The Morgan fingerprint density at radius 1 is 0.885 bits per heavy atom. The summed E-state index contributed by atoms with van der Waals surface area (Å²) in [5.41, 5.74) is 8.03. The van der Waals surface area contributed by atoms with Crippen LogP contribution in [0.3, 0.4) is 0 Å². The molecule has 0 aliphatic heterocycles. The summed E-state index contributed by atoms with van der Waals surface area (Å²) < 4.78 is 0. The fraction of sp³-hybridized carbons (Fsp3) is 0.250. The molecule has 0 saturated carbocycles. The number of thiocarbonyl (C=S) groups is 1. The van der Waals surface area contributed by atoms with Crippen molar-refractivity contribution in [2.75, 3.05) is 0 Å². The van der Waals surface area contributed by atoms with Crippen molar-refractivity contribution in [3.05, 3.63) is 71.3 Å². The summed E-state index contributed by atoms with van der Waals surface area (Å²) in [6, 6.07) is 17.3. The van der Waals surface area contributed by atoms with E-state index in [1.54, 1.807) is 12.1 Å². The zero-order valence-corrected chi connectivity index (χ0v) is 15.6. The summed E-state index contributed by atoms with van der Waals surface area (Å²) >= 11 is 5.10. The van der Waals surface area contributed by atoms with E-state index < -0.39 is 0 Å². The van der Waals surface area contributed by atoms with E-state index in [1.165, 1.54) is 5.56 Å². The van der Waals surface area contributed by atoms with Gasteiger partial charge in [0.15, 0.2) is 10.9 Å². The Kier molecular flexibility index (Phi) is 7.76. The number of rotatable bonds is 7. The van der Waals surface area contributed by atoms with Crippen LogP contribution < -0.4 is 16.2 Å². The molecule has 2 rings (SSSR count). The summed E-state index contributed by atoms with van der Waals surface area (Å²) in [6.07, 6.45) is 1.19. The molecule has 2 aromatic carbocycles. The first-order valence-electron chi connectivity index (χ1n) is 8.57. The van der Waals surface area contributed by atoms with E-state index in [-0.39, 0.29) is 24.5 Å². The summed E-state index contributed by atoms with van der Waals surface area (Å²) in [5, 5.41) is 3.32. The lowest BCUT2D eigenvalue weighted by atomic mass is 10.0. The minimum atomic E-state index is -0.285. The van der Waals surface area contributed by atoms with Gasteiger partial charge in [-0.1, -0.05) is 61.5 Å². The van der Waals surface area contributed by atoms with Crippen molar-refractivity contribution >= 4 is 29.0 Å². The van der Waals surface area contributed by atoms with E-state index in [9.17, 15) is 9.59 Å². The number of carbonyl (C=O) groups is 2. The number of nitrogens with one attached hydrogen (secondary N) is 3. The average Bonchev–Trinajstić information content (AvgIpc) is 2.69. The predicted molar refractivity (Wildman–Crippen MR) is 107 cm³/mol. The number of hydrogen-bond donors (Lipinski definition) is 3. The highest BCUT2D eigenvalue weighted by atomic mass is 32.1. The first-order valence-corrected chi connectivity index (χ1v) is 8.98. The second-order valence-electron chi connectivity index (χ2n) is 5.82. The molecule has 0 atom stereocenters. The molecule has 0 aromatic heterocycles. The topological polar surface area (TPSA) is 70.2 Å². The molecule has 0 radical (unpaired) electrons. The van der Waals surface area contributed by atoms with Gasteiger partial charge in [0.1, 0.15) is 0 Å². The number of hydrazine groups is 1. The van der Waals surface area contributed by atoms with Crippen LogP contribution in [0.2, 0.25) is 0 Å². The summed E-state index contributed by atoms with van der Waals surface area (Å²) in [7, 11) is 0. The number of aryl methyl sites for hydroxylation is 1. The molecule has 6 heteroatoms. The molecule has 26 heavy (non-hydrogen) atoms. The number of ketones is 1. The van der Waals surface area contributed by atoms with Gasteiger partial charge in [-0.15, -0.1) is 0 Å². The van der Waals surface area contributed by atoms with E-state index in [4.69, 9.17) is 12.2 Å². The van der Waals surface area contributed by atoms with Gasteiger partial charge in [-0.2, -0.15) is 0 Å². The maximum atomic E-state index is 12.1. The molecule has 0 bridgehead atoms. The predicted octanol–water partition coefficient (Wildman–Crippen LogP) is 2.91. The maximum absolute atomic E-state index is 12.1. The molecule has 0 aliphatic carbocycles. The van der Waals surface area contributed by atoms with Crippen molar-refractivity contribution < 1.29 is 9.59 Å². The summed E-state index contributed by atoms with van der Waals surface area (Å²) in [4.78, 5) is 24.0. The monoisotopic (exact) mass is 369 g/mol. The van der Waals surface area contributed by atoms with Crippen molar-refractivity contribution in [3.63, 3.8) is 0 Å². The van der Waals surface area contributed by atoms with Crippen LogP contribution in [0.1, 0.15) is 41.3 Å². The average molecular weight is 369 g/mol. The Bertz CT molecular complexity index is 745. The van der Waals surface area contributed by atoms with Gasteiger partial charge in [-0.05, 0) is 29.8 Å². The van der Waals surface area contributed by atoms with Crippen LogP contribution >= 0.6 is 12.2 Å². The highest BCUT2D eigenvalue weighted by Crippen LogP contribution is 2.08. The lowest BCUT2D eigenvalue weighted by Crippen LogP contribution is -2.46. The van der Waals surface area contributed by atoms with Crippen LogP contribution in [-0.2, 0) is 17.8 Å². The van der Waals surface area contributed by atoms with Gasteiger partial charge < -0.3 is 5.32 Å². The molecule has 3 N–H and O–H groups in total. The summed E-state index contributed by atoms with van der Waals surface area (Å²) in [5.74, 6) is -0.333. The molecule has 1 amide bonds. The first kappa shape index (κ1) is 19.6. The molecule has 0 unspecified atom stereocenters. The van der Waals surface area contributed by atoms with Crippen LogP contribution in [-0.4, -0.2) is 16.8 Å². The second kappa shape index (κ2) is 10.3. The molecule has 0 fully saturated rings. The second-order valence-corrected chi connectivity index (χ2v) is 6.22. The Hall–Kier alpha value is -2.73. The van der Waals surface area contributed by atoms with Gasteiger partial charge in [-0.25, -0.2) is 0 Å². The van der Waals surface area contributed by atoms with E-state index in [1.807, 2.05) is 42.5 Å². The van der Waals surface area contributed by atoms with E-state index in [2.05, 4.69) is 23.1 Å². The maximum Gasteiger partial charge on any atom is 0.238 e. The standard InChI is InChI=1S/C20H23N3O2S/c1-2-15-8-10-17(11-9-15)18(24)12-13-19(25)22-23-20(26)21-14-16-6-4-3-5-7-16/h3-11H,2,12-14H2,1H3,(H,22,25)(H2,21,23,26). The fourth-order valence-electron chi connectivity index (χ4n) is 2.31. The minimum Gasteiger partial charge on any atom is -0.357 e. The minimum absolute atomic E-state index is 0.0485. The van der Waals surface area contributed by atoms with Gasteiger partial charge in [0.25, 0.3) is 0 Å².